The first-order valence-electron chi connectivity index (χ1n) is 15.3. The number of hydrogen-bond donors (Lipinski definition) is 1. The summed E-state index contributed by atoms with van der Waals surface area (Å²) in [6.45, 7) is 5.94. The second-order valence-electron chi connectivity index (χ2n) is 11.4. The zero-order valence-electron chi connectivity index (χ0n) is 26.6. The van der Waals surface area contributed by atoms with Gasteiger partial charge in [-0.05, 0) is 84.6 Å². The highest BCUT2D eigenvalue weighted by Crippen LogP contribution is 2.28. The molecule has 2 amide bonds. The van der Waals surface area contributed by atoms with Crippen LogP contribution in [0.4, 0.5) is 10.1 Å². The zero-order valence-corrected chi connectivity index (χ0v) is 29.0. The molecule has 0 saturated carbocycles. The Kier molecular flexibility index (Phi) is 12.6. The molecule has 1 atom stereocenters. The SMILES string of the molecule is CCOc1ccc(N(CC(=O)N(Cc2ccc(F)cc2)[C@H](Cc2ccccc2)C(=O)NCC(C)C)S(=O)(=O)c2ccc(Br)cc2)cc1. The van der Waals surface area contributed by atoms with Crippen molar-refractivity contribution in [1.82, 2.24) is 10.2 Å². The predicted molar refractivity (Wildman–Crippen MR) is 185 cm³/mol. The first-order chi connectivity index (χ1) is 22.5. The van der Waals surface area contributed by atoms with Crippen LogP contribution in [0.5, 0.6) is 5.75 Å². The van der Waals surface area contributed by atoms with Gasteiger partial charge < -0.3 is 15.0 Å². The van der Waals surface area contributed by atoms with Gasteiger partial charge >= 0.3 is 0 Å². The molecule has 4 aromatic carbocycles. The number of nitrogens with one attached hydrogen (secondary N) is 1. The Labute approximate surface area is 284 Å². The predicted octanol–water partition coefficient (Wildman–Crippen LogP) is 6.59. The van der Waals surface area contributed by atoms with E-state index in [9.17, 15) is 22.4 Å². The highest BCUT2D eigenvalue weighted by atomic mass is 79.9. The Hall–Kier alpha value is -4.22. The van der Waals surface area contributed by atoms with Crippen molar-refractivity contribution in [3.63, 3.8) is 0 Å². The topological polar surface area (TPSA) is 96.0 Å². The summed E-state index contributed by atoms with van der Waals surface area (Å²) < 4.78 is 49.5. The minimum absolute atomic E-state index is 0.0111. The fourth-order valence-corrected chi connectivity index (χ4v) is 6.58. The van der Waals surface area contributed by atoms with Crippen molar-refractivity contribution in [1.29, 1.82) is 0 Å². The van der Waals surface area contributed by atoms with Crippen LogP contribution in [0.25, 0.3) is 0 Å². The molecule has 0 aliphatic carbocycles. The second-order valence-corrected chi connectivity index (χ2v) is 14.2. The Morgan fingerprint density at radius 2 is 1.51 bits per heavy atom. The highest BCUT2D eigenvalue weighted by molar-refractivity contribution is 9.10. The smallest absolute Gasteiger partial charge is 0.264 e. The highest BCUT2D eigenvalue weighted by Gasteiger charge is 2.34. The first-order valence-corrected chi connectivity index (χ1v) is 17.6. The molecule has 0 fully saturated rings. The van der Waals surface area contributed by atoms with Gasteiger partial charge in [-0.1, -0.05) is 72.2 Å². The zero-order chi connectivity index (χ0) is 34.0. The number of benzene rings is 4. The summed E-state index contributed by atoms with van der Waals surface area (Å²) in [6.07, 6.45) is 0.181. The van der Waals surface area contributed by atoms with Crippen molar-refractivity contribution in [3.05, 3.63) is 125 Å². The first kappa shape index (κ1) is 35.6. The molecule has 1 N–H and O–H groups in total. The van der Waals surface area contributed by atoms with Crippen molar-refractivity contribution in [3.8, 4) is 5.75 Å². The third kappa shape index (κ3) is 9.89. The van der Waals surface area contributed by atoms with E-state index in [0.29, 0.717) is 28.9 Å². The molecule has 0 aromatic heterocycles. The molecule has 0 unspecified atom stereocenters. The van der Waals surface area contributed by atoms with Crippen LogP contribution in [-0.4, -0.2) is 50.9 Å². The van der Waals surface area contributed by atoms with Gasteiger partial charge in [-0.15, -0.1) is 0 Å². The van der Waals surface area contributed by atoms with Crippen molar-refractivity contribution in [2.75, 3.05) is 24.0 Å². The molecule has 0 aliphatic heterocycles. The summed E-state index contributed by atoms with van der Waals surface area (Å²) in [5.41, 5.74) is 1.65. The van der Waals surface area contributed by atoms with E-state index in [4.69, 9.17) is 4.74 Å². The van der Waals surface area contributed by atoms with Gasteiger partial charge in [-0.2, -0.15) is 0 Å². The minimum Gasteiger partial charge on any atom is -0.494 e. The number of ether oxygens (including phenoxy) is 1. The largest absolute Gasteiger partial charge is 0.494 e. The van der Waals surface area contributed by atoms with Gasteiger partial charge in [0.1, 0.15) is 24.2 Å². The third-order valence-electron chi connectivity index (χ3n) is 7.34. The third-order valence-corrected chi connectivity index (χ3v) is 9.65. The number of hydrogen-bond acceptors (Lipinski definition) is 5. The van der Waals surface area contributed by atoms with Crippen LogP contribution >= 0.6 is 15.9 Å². The summed E-state index contributed by atoms with van der Waals surface area (Å²) in [5, 5.41) is 2.95. The Morgan fingerprint density at radius 3 is 2.11 bits per heavy atom. The van der Waals surface area contributed by atoms with Gasteiger partial charge in [0.2, 0.25) is 11.8 Å². The van der Waals surface area contributed by atoms with Gasteiger partial charge in [0.15, 0.2) is 0 Å². The number of amides is 2. The van der Waals surface area contributed by atoms with E-state index in [-0.39, 0.29) is 35.4 Å². The number of rotatable bonds is 15. The van der Waals surface area contributed by atoms with Crippen LogP contribution in [0, 0.1) is 11.7 Å². The van der Waals surface area contributed by atoms with Crippen molar-refractivity contribution >= 4 is 43.5 Å². The van der Waals surface area contributed by atoms with Crippen LogP contribution in [0.1, 0.15) is 31.9 Å². The molecule has 0 heterocycles. The van der Waals surface area contributed by atoms with Gasteiger partial charge in [0.05, 0.1) is 17.2 Å². The van der Waals surface area contributed by atoms with Crippen LogP contribution in [0.15, 0.2) is 112 Å². The van der Waals surface area contributed by atoms with Crippen LogP contribution in [0.3, 0.4) is 0 Å². The Morgan fingerprint density at radius 1 is 0.872 bits per heavy atom. The van der Waals surface area contributed by atoms with E-state index in [1.54, 1.807) is 48.5 Å². The number of sulfonamides is 1. The molecular weight excluding hydrogens is 685 g/mol. The molecule has 0 spiro atoms. The van der Waals surface area contributed by atoms with E-state index in [1.165, 1.54) is 29.2 Å². The lowest BCUT2D eigenvalue weighted by atomic mass is 10.0. The van der Waals surface area contributed by atoms with Crippen LogP contribution in [0.2, 0.25) is 0 Å². The molecule has 11 heteroatoms. The van der Waals surface area contributed by atoms with E-state index >= 15 is 0 Å². The van der Waals surface area contributed by atoms with Crippen molar-refractivity contribution in [2.24, 2.45) is 5.92 Å². The lowest BCUT2D eigenvalue weighted by Crippen LogP contribution is -2.53. The van der Waals surface area contributed by atoms with E-state index in [1.807, 2.05) is 51.1 Å². The summed E-state index contributed by atoms with van der Waals surface area (Å²) in [5.74, 6) is -0.717. The lowest BCUT2D eigenvalue weighted by Gasteiger charge is -2.34. The molecule has 248 valence electrons. The number of carbonyl (C=O) groups excluding carboxylic acids is 2. The maximum atomic E-state index is 14.5. The Balaban J connectivity index is 1.79. The molecular formula is C36H39BrFN3O5S. The Bertz CT molecular complexity index is 1720. The van der Waals surface area contributed by atoms with Crippen molar-refractivity contribution < 1.29 is 27.1 Å². The molecule has 47 heavy (non-hydrogen) atoms. The quantitative estimate of drug-likeness (QED) is 0.149. The fraction of sp³-hybridized carbons (Fsp3) is 0.278. The number of nitrogens with zero attached hydrogens (tertiary/aromatic N) is 2. The second kappa shape index (κ2) is 16.6. The molecule has 0 aliphatic rings. The van der Waals surface area contributed by atoms with Crippen molar-refractivity contribution in [2.45, 2.75) is 44.7 Å². The fourth-order valence-electron chi connectivity index (χ4n) is 4.90. The summed E-state index contributed by atoms with van der Waals surface area (Å²) in [4.78, 5) is 29.7. The van der Waals surface area contributed by atoms with Gasteiger partial charge in [0.25, 0.3) is 10.0 Å². The monoisotopic (exact) mass is 723 g/mol. The number of carbonyl (C=O) groups is 2. The van der Waals surface area contributed by atoms with Crippen LogP contribution in [-0.2, 0) is 32.6 Å². The molecule has 0 saturated heterocycles. The normalized spacial score (nSPS) is 12.0. The summed E-state index contributed by atoms with van der Waals surface area (Å²) >= 11 is 3.35. The number of anilines is 1. The van der Waals surface area contributed by atoms with E-state index < -0.39 is 34.3 Å². The maximum Gasteiger partial charge on any atom is 0.264 e. The summed E-state index contributed by atoms with van der Waals surface area (Å²) in [7, 11) is -4.26. The van der Waals surface area contributed by atoms with Gasteiger partial charge in [0, 0.05) is 24.0 Å². The standard InChI is InChI=1S/C36H39BrFN3O5S/c1-4-46-32-18-16-31(17-19-32)41(47(44,45)33-20-12-29(37)13-21-33)25-35(42)40(24-28-10-14-30(38)15-11-28)34(36(43)39-23-26(2)3)22-27-8-6-5-7-9-27/h5-21,26,34H,4,22-25H2,1-3H3,(H,39,43)/t34-/m1/s1. The molecule has 0 bridgehead atoms. The molecule has 4 aromatic rings. The molecule has 0 radical (unpaired) electrons. The minimum atomic E-state index is -4.26. The molecule has 4 rings (SSSR count). The average molecular weight is 725 g/mol. The van der Waals surface area contributed by atoms with Gasteiger partial charge in [-0.25, -0.2) is 12.8 Å². The lowest BCUT2D eigenvalue weighted by molar-refractivity contribution is -0.140. The summed E-state index contributed by atoms with van der Waals surface area (Å²) in [6, 6.07) is 26.5. The van der Waals surface area contributed by atoms with Gasteiger partial charge in [-0.3, -0.25) is 13.9 Å². The number of halogens is 2. The maximum absolute atomic E-state index is 14.5. The molecule has 8 nitrogen and oxygen atoms in total. The van der Waals surface area contributed by atoms with Crippen LogP contribution < -0.4 is 14.4 Å². The van der Waals surface area contributed by atoms with E-state index in [0.717, 1.165) is 9.87 Å². The van der Waals surface area contributed by atoms with E-state index in [2.05, 4.69) is 21.2 Å². The average Bonchev–Trinajstić information content (AvgIpc) is 3.06.